The number of imide groups is 1. The zero-order valence-electron chi connectivity index (χ0n) is 16.7. The number of halogens is 1. The van der Waals surface area contributed by atoms with Crippen molar-refractivity contribution in [2.75, 3.05) is 32.7 Å². The number of carbonyl (C=O) groups excluding carboxylic acids is 3. The van der Waals surface area contributed by atoms with Gasteiger partial charge >= 0.3 is 0 Å². The summed E-state index contributed by atoms with van der Waals surface area (Å²) in [5.41, 5.74) is 0.666. The lowest BCUT2D eigenvalue weighted by molar-refractivity contribution is -0.141. The third-order valence-electron chi connectivity index (χ3n) is 6.56. The Hall–Kier alpha value is -2.28. The molecule has 2 heterocycles. The van der Waals surface area contributed by atoms with Crippen LogP contribution in [-0.4, -0.2) is 65.1 Å². The van der Waals surface area contributed by atoms with Crippen LogP contribution in [0.2, 0.25) is 0 Å². The zero-order valence-corrected chi connectivity index (χ0v) is 16.7. The molecule has 0 N–H and O–H groups in total. The highest BCUT2D eigenvalue weighted by Gasteiger charge is 2.47. The standard InChI is InChI=1S/C22H28FN3O3/c23-19-8-4-1-5-16(19)15-24-11-13-25(14-12-24)20(27)9-10-26-21(28)17-6-2-3-7-18(17)22(26)29/h1,4-5,8,17-18H,2-3,6-7,9-15H2/t17-,18+. The quantitative estimate of drug-likeness (QED) is 0.709. The Morgan fingerprint density at radius 3 is 2.21 bits per heavy atom. The summed E-state index contributed by atoms with van der Waals surface area (Å²) >= 11 is 0. The molecular weight excluding hydrogens is 373 g/mol. The summed E-state index contributed by atoms with van der Waals surface area (Å²) in [5, 5.41) is 0. The van der Waals surface area contributed by atoms with Gasteiger partial charge in [0.2, 0.25) is 17.7 Å². The number of amides is 3. The molecule has 1 aromatic carbocycles. The summed E-state index contributed by atoms with van der Waals surface area (Å²) in [5.74, 6) is -0.705. The molecule has 6 nitrogen and oxygen atoms in total. The molecule has 1 aromatic rings. The van der Waals surface area contributed by atoms with Crippen LogP contribution in [0.25, 0.3) is 0 Å². The summed E-state index contributed by atoms with van der Waals surface area (Å²) in [4.78, 5) is 42.9. The number of benzene rings is 1. The number of likely N-dealkylation sites (tertiary alicyclic amines) is 1. The predicted octanol–water partition coefficient (Wildman–Crippen LogP) is 2.04. The fraction of sp³-hybridized carbons (Fsp3) is 0.591. The molecular formula is C22H28FN3O3. The van der Waals surface area contributed by atoms with E-state index in [0.717, 1.165) is 25.7 Å². The van der Waals surface area contributed by atoms with E-state index in [1.54, 1.807) is 17.0 Å². The highest BCUT2D eigenvalue weighted by atomic mass is 19.1. The molecule has 0 radical (unpaired) electrons. The first kappa shape index (κ1) is 20.0. The molecule has 29 heavy (non-hydrogen) atoms. The van der Waals surface area contributed by atoms with Crippen molar-refractivity contribution < 1.29 is 18.8 Å². The van der Waals surface area contributed by atoms with Crippen molar-refractivity contribution in [2.24, 2.45) is 11.8 Å². The van der Waals surface area contributed by atoms with Gasteiger partial charge in [-0.25, -0.2) is 4.39 Å². The summed E-state index contributed by atoms with van der Waals surface area (Å²) in [7, 11) is 0. The fourth-order valence-corrected chi connectivity index (χ4v) is 4.84. The summed E-state index contributed by atoms with van der Waals surface area (Å²) in [6.07, 6.45) is 3.78. The number of hydrogen-bond donors (Lipinski definition) is 0. The molecule has 2 aliphatic heterocycles. The first-order valence-corrected chi connectivity index (χ1v) is 10.6. The van der Waals surface area contributed by atoms with E-state index < -0.39 is 0 Å². The number of carbonyl (C=O) groups is 3. The molecule has 7 heteroatoms. The van der Waals surface area contributed by atoms with Crippen molar-refractivity contribution in [3.63, 3.8) is 0 Å². The van der Waals surface area contributed by atoms with Gasteiger partial charge in [-0.05, 0) is 18.9 Å². The first-order chi connectivity index (χ1) is 14.0. The molecule has 0 bridgehead atoms. The molecule has 0 unspecified atom stereocenters. The normalized spacial score (nSPS) is 25.4. The van der Waals surface area contributed by atoms with Gasteiger partial charge in [0.05, 0.1) is 11.8 Å². The highest BCUT2D eigenvalue weighted by molar-refractivity contribution is 6.05. The van der Waals surface area contributed by atoms with E-state index in [2.05, 4.69) is 4.90 Å². The second-order valence-corrected chi connectivity index (χ2v) is 8.32. The Morgan fingerprint density at radius 2 is 1.59 bits per heavy atom. The van der Waals surface area contributed by atoms with E-state index in [4.69, 9.17) is 0 Å². The lowest BCUT2D eigenvalue weighted by atomic mass is 9.81. The van der Waals surface area contributed by atoms with Gasteiger partial charge in [-0.1, -0.05) is 31.0 Å². The van der Waals surface area contributed by atoms with Crippen LogP contribution in [0.4, 0.5) is 4.39 Å². The van der Waals surface area contributed by atoms with Gasteiger partial charge in [-0.2, -0.15) is 0 Å². The van der Waals surface area contributed by atoms with Crippen molar-refractivity contribution in [1.82, 2.24) is 14.7 Å². The molecule has 3 fully saturated rings. The molecule has 0 spiro atoms. The Kier molecular flexibility index (Phi) is 5.94. The fourth-order valence-electron chi connectivity index (χ4n) is 4.84. The van der Waals surface area contributed by atoms with Gasteiger partial charge in [-0.3, -0.25) is 24.2 Å². The molecule has 0 aromatic heterocycles. The third-order valence-corrected chi connectivity index (χ3v) is 6.56. The smallest absolute Gasteiger partial charge is 0.233 e. The number of fused-ring (bicyclic) bond motifs is 1. The molecule has 2 atom stereocenters. The van der Waals surface area contributed by atoms with Gasteiger partial charge in [0, 0.05) is 51.3 Å². The van der Waals surface area contributed by atoms with Crippen LogP contribution in [-0.2, 0) is 20.9 Å². The van der Waals surface area contributed by atoms with Crippen molar-refractivity contribution in [3.8, 4) is 0 Å². The SMILES string of the molecule is O=C(CCN1C(=O)[C@H]2CCCC[C@H]2C1=O)N1CCN(Cc2ccccc2F)CC1. The second-order valence-electron chi connectivity index (χ2n) is 8.32. The van der Waals surface area contributed by atoms with Gasteiger partial charge in [0.1, 0.15) is 5.82 Å². The van der Waals surface area contributed by atoms with Crippen LogP contribution in [0.15, 0.2) is 24.3 Å². The van der Waals surface area contributed by atoms with Crippen molar-refractivity contribution in [2.45, 2.75) is 38.6 Å². The van der Waals surface area contributed by atoms with Crippen LogP contribution in [0.3, 0.4) is 0 Å². The van der Waals surface area contributed by atoms with Crippen LogP contribution < -0.4 is 0 Å². The first-order valence-electron chi connectivity index (χ1n) is 10.6. The topological polar surface area (TPSA) is 60.9 Å². The van der Waals surface area contributed by atoms with Gasteiger partial charge in [-0.15, -0.1) is 0 Å². The second kappa shape index (κ2) is 8.61. The van der Waals surface area contributed by atoms with E-state index in [1.165, 1.54) is 11.0 Å². The van der Waals surface area contributed by atoms with Crippen LogP contribution in [0.1, 0.15) is 37.7 Å². The van der Waals surface area contributed by atoms with Crippen LogP contribution in [0.5, 0.6) is 0 Å². The van der Waals surface area contributed by atoms with Gasteiger partial charge in [0.25, 0.3) is 0 Å². The molecule has 4 rings (SSSR count). The lowest BCUT2D eigenvalue weighted by Gasteiger charge is -2.35. The Bertz CT molecular complexity index is 767. The molecule has 3 aliphatic rings. The Morgan fingerprint density at radius 1 is 0.966 bits per heavy atom. The van der Waals surface area contributed by atoms with E-state index in [9.17, 15) is 18.8 Å². The lowest BCUT2D eigenvalue weighted by Crippen LogP contribution is -2.49. The minimum absolute atomic E-state index is 0.0222. The maximum absolute atomic E-state index is 13.8. The third kappa shape index (κ3) is 4.20. The van der Waals surface area contributed by atoms with E-state index in [-0.39, 0.29) is 48.3 Å². The number of nitrogens with zero attached hydrogens (tertiary/aromatic N) is 3. The summed E-state index contributed by atoms with van der Waals surface area (Å²) in [6.45, 7) is 3.27. The molecule has 156 valence electrons. The number of rotatable bonds is 5. The molecule has 3 amide bonds. The van der Waals surface area contributed by atoms with Gasteiger partial charge < -0.3 is 4.90 Å². The van der Waals surface area contributed by atoms with E-state index in [1.807, 2.05) is 6.07 Å². The van der Waals surface area contributed by atoms with Gasteiger partial charge in [0.15, 0.2) is 0 Å². The number of hydrogen-bond acceptors (Lipinski definition) is 4. The van der Waals surface area contributed by atoms with E-state index in [0.29, 0.717) is 38.3 Å². The maximum atomic E-state index is 13.8. The maximum Gasteiger partial charge on any atom is 0.233 e. The predicted molar refractivity (Wildman–Crippen MR) is 105 cm³/mol. The van der Waals surface area contributed by atoms with E-state index >= 15 is 0 Å². The minimum Gasteiger partial charge on any atom is -0.340 e. The van der Waals surface area contributed by atoms with Crippen LogP contribution >= 0.6 is 0 Å². The Labute approximate surface area is 170 Å². The van der Waals surface area contributed by atoms with Crippen LogP contribution in [0, 0.1) is 17.7 Å². The Balaban J connectivity index is 1.25. The monoisotopic (exact) mass is 401 g/mol. The number of piperazine rings is 1. The average molecular weight is 401 g/mol. The highest BCUT2D eigenvalue weighted by Crippen LogP contribution is 2.38. The average Bonchev–Trinajstić information content (AvgIpc) is 2.99. The summed E-state index contributed by atoms with van der Waals surface area (Å²) < 4.78 is 13.8. The van der Waals surface area contributed by atoms with Crippen molar-refractivity contribution in [3.05, 3.63) is 35.6 Å². The minimum atomic E-state index is -0.202. The van der Waals surface area contributed by atoms with Crippen molar-refractivity contribution >= 4 is 17.7 Å². The van der Waals surface area contributed by atoms with Crippen molar-refractivity contribution in [1.29, 1.82) is 0 Å². The summed E-state index contributed by atoms with van der Waals surface area (Å²) in [6, 6.07) is 6.76. The molecule has 1 aliphatic carbocycles. The molecule has 2 saturated heterocycles. The molecule has 1 saturated carbocycles. The zero-order chi connectivity index (χ0) is 20.4. The largest absolute Gasteiger partial charge is 0.340 e.